The Morgan fingerprint density at radius 3 is 2.65 bits per heavy atom. The molecular formula is C14H17ClN4O. The highest BCUT2D eigenvalue weighted by molar-refractivity contribution is 6.28. The van der Waals surface area contributed by atoms with E-state index < -0.39 is 0 Å². The van der Waals surface area contributed by atoms with Crippen molar-refractivity contribution in [1.82, 2.24) is 9.78 Å². The predicted molar refractivity (Wildman–Crippen MR) is 80.7 cm³/mol. The number of rotatable bonds is 5. The molecule has 0 fully saturated rings. The average Bonchev–Trinajstić information content (AvgIpc) is 2.78. The molecule has 2 rings (SSSR count). The standard InChI is InChI=1S/C14H17ClN4O/c1-10-11(8-17-19(10)2)9-20-13-5-3-12(4-6-13)18-14(16)7-15/h3-6,8H,7,9H2,1-2H3,(H2,16,18). The smallest absolute Gasteiger partial charge is 0.119 e. The number of benzene rings is 1. The molecule has 0 aliphatic carbocycles. The van der Waals surface area contributed by atoms with Crippen LogP contribution < -0.4 is 10.5 Å². The van der Waals surface area contributed by atoms with Crippen LogP contribution in [0.2, 0.25) is 0 Å². The maximum absolute atomic E-state index is 5.71. The van der Waals surface area contributed by atoms with Gasteiger partial charge in [-0.25, -0.2) is 4.99 Å². The van der Waals surface area contributed by atoms with Crippen LogP contribution in [0.25, 0.3) is 0 Å². The quantitative estimate of drug-likeness (QED) is 0.523. The zero-order chi connectivity index (χ0) is 14.5. The third-order valence-electron chi connectivity index (χ3n) is 2.98. The molecule has 0 saturated heterocycles. The summed E-state index contributed by atoms with van der Waals surface area (Å²) in [7, 11) is 1.91. The summed E-state index contributed by atoms with van der Waals surface area (Å²) in [5.74, 6) is 1.39. The monoisotopic (exact) mass is 292 g/mol. The summed E-state index contributed by atoms with van der Waals surface area (Å²) < 4.78 is 7.54. The van der Waals surface area contributed by atoms with Crippen molar-refractivity contribution < 1.29 is 4.74 Å². The molecule has 1 aromatic heterocycles. The fraction of sp³-hybridized carbons (Fsp3) is 0.286. The van der Waals surface area contributed by atoms with Crippen molar-refractivity contribution in [1.29, 1.82) is 0 Å². The van der Waals surface area contributed by atoms with Gasteiger partial charge in [0.05, 0.1) is 17.8 Å². The van der Waals surface area contributed by atoms with Crippen LogP contribution in [-0.4, -0.2) is 21.5 Å². The lowest BCUT2D eigenvalue weighted by Crippen LogP contribution is -2.12. The third-order valence-corrected chi connectivity index (χ3v) is 3.25. The van der Waals surface area contributed by atoms with E-state index in [1.807, 2.05) is 49.1 Å². The van der Waals surface area contributed by atoms with Crippen molar-refractivity contribution in [3.8, 4) is 5.75 Å². The van der Waals surface area contributed by atoms with Crippen molar-refractivity contribution >= 4 is 23.1 Å². The van der Waals surface area contributed by atoms with Gasteiger partial charge in [-0.2, -0.15) is 5.10 Å². The Morgan fingerprint density at radius 2 is 2.10 bits per heavy atom. The molecule has 0 aliphatic heterocycles. The number of aryl methyl sites for hydroxylation is 1. The molecule has 1 heterocycles. The fourth-order valence-electron chi connectivity index (χ4n) is 1.66. The summed E-state index contributed by atoms with van der Waals surface area (Å²) in [6.45, 7) is 2.50. The number of nitrogens with zero attached hydrogens (tertiary/aromatic N) is 3. The first-order chi connectivity index (χ1) is 9.60. The number of alkyl halides is 1. The van der Waals surface area contributed by atoms with Crippen molar-refractivity contribution in [2.24, 2.45) is 17.8 Å². The van der Waals surface area contributed by atoms with Crippen LogP contribution in [0.4, 0.5) is 5.69 Å². The average molecular weight is 293 g/mol. The van der Waals surface area contributed by atoms with Crippen LogP contribution >= 0.6 is 11.6 Å². The van der Waals surface area contributed by atoms with Gasteiger partial charge in [-0.1, -0.05) is 0 Å². The van der Waals surface area contributed by atoms with E-state index in [1.165, 1.54) is 0 Å². The van der Waals surface area contributed by atoms with Crippen LogP contribution in [0.5, 0.6) is 5.75 Å². The third kappa shape index (κ3) is 3.51. The number of hydrogen-bond donors (Lipinski definition) is 1. The molecule has 0 saturated carbocycles. The Hall–Kier alpha value is -2.01. The molecule has 0 bridgehead atoms. The van der Waals surface area contributed by atoms with Gasteiger partial charge in [-0.3, -0.25) is 4.68 Å². The van der Waals surface area contributed by atoms with E-state index in [9.17, 15) is 0 Å². The lowest BCUT2D eigenvalue weighted by Gasteiger charge is -2.06. The van der Waals surface area contributed by atoms with E-state index in [0.717, 1.165) is 22.7 Å². The number of nitrogens with two attached hydrogens (primary N) is 1. The number of aromatic nitrogens is 2. The number of amidine groups is 1. The van der Waals surface area contributed by atoms with Crippen molar-refractivity contribution in [3.05, 3.63) is 41.7 Å². The molecule has 6 heteroatoms. The number of ether oxygens (including phenoxy) is 1. The minimum Gasteiger partial charge on any atom is -0.489 e. The molecule has 20 heavy (non-hydrogen) atoms. The lowest BCUT2D eigenvalue weighted by atomic mass is 10.3. The van der Waals surface area contributed by atoms with Crippen LogP contribution in [0.15, 0.2) is 35.5 Å². The van der Waals surface area contributed by atoms with Gasteiger partial charge in [0.2, 0.25) is 0 Å². The molecule has 2 aromatic rings. The minimum atomic E-state index is 0.221. The molecule has 0 radical (unpaired) electrons. The van der Waals surface area contributed by atoms with Gasteiger partial charge >= 0.3 is 0 Å². The van der Waals surface area contributed by atoms with Gasteiger partial charge in [0, 0.05) is 18.3 Å². The summed E-state index contributed by atoms with van der Waals surface area (Å²) in [5, 5.41) is 4.18. The molecular weight excluding hydrogens is 276 g/mol. The highest BCUT2D eigenvalue weighted by atomic mass is 35.5. The molecule has 0 spiro atoms. The normalized spacial score (nSPS) is 11.7. The number of aliphatic imine (C=N–C) groups is 1. The topological polar surface area (TPSA) is 65.4 Å². The summed E-state index contributed by atoms with van der Waals surface area (Å²) in [4.78, 5) is 4.15. The van der Waals surface area contributed by atoms with Crippen LogP contribution in [0.3, 0.4) is 0 Å². The highest BCUT2D eigenvalue weighted by Gasteiger charge is 2.04. The van der Waals surface area contributed by atoms with E-state index >= 15 is 0 Å². The molecule has 0 amide bonds. The Kier molecular flexibility index (Phi) is 4.63. The molecule has 0 aliphatic rings. The first-order valence-corrected chi connectivity index (χ1v) is 6.73. The van der Waals surface area contributed by atoms with E-state index in [0.29, 0.717) is 12.4 Å². The maximum atomic E-state index is 5.71. The Balaban J connectivity index is 1.99. The van der Waals surface area contributed by atoms with Gasteiger partial charge in [0.15, 0.2) is 0 Å². The second kappa shape index (κ2) is 6.43. The van der Waals surface area contributed by atoms with Crippen molar-refractivity contribution in [3.63, 3.8) is 0 Å². The summed E-state index contributed by atoms with van der Waals surface area (Å²) in [5.41, 5.74) is 8.50. The van der Waals surface area contributed by atoms with Crippen LogP contribution in [0, 0.1) is 6.92 Å². The SMILES string of the molecule is Cc1c(COc2ccc(N=C(N)CCl)cc2)cnn1C. The van der Waals surface area contributed by atoms with Gasteiger partial charge in [0.25, 0.3) is 0 Å². The largest absolute Gasteiger partial charge is 0.489 e. The van der Waals surface area contributed by atoms with Gasteiger partial charge in [-0.15, -0.1) is 11.6 Å². The summed E-state index contributed by atoms with van der Waals surface area (Å²) in [6, 6.07) is 7.38. The molecule has 106 valence electrons. The van der Waals surface area contributed by atoms with Crippen LogP contribution in [-0.2, 0) is 13.7 Å². The van der Waals surface area contributed by atoms with Crippen molar-refractivity contribution in [2.75, 3.05) is 5.88 Å². The Bertz CT molecular complexity index is 604. The second-order valence-electron chi connectivity index (χ2n) is 4.40. The lowest BCUT2D eigenvalue weighted by molar-refractivity contribution is 0.305. The van der Waals surface area contributed by atoms with E-state index in [-0.39, 0.29) is 5.88 Å². The van der Waals surface area contributed by atoms with Gasteiger partial charge in [-0.05, 0) is 31.2 Å². The highest BCUT2D eigenvalue weighted by Crippen LogP contribution is 2.19. The summed E-state index contributed by atoms with van der Waals surface area (Å²) >= 11 is 5.58. The Morgan fingerprint density at radius 1 is 1.40 bits per heavy atom. The van der Waals surface area contributed by atoms with E-state index in [4.69, 9.17) is 22.1 Å². The molecule has 5 nitrogen and oxygen atoms in total. The molecule has 0 unspecified atom stereocenters. The fourth-order valence-corrected chi connectivity index (χ4v) is 1.72. The molecule has 1 aromatic carbocycles. The van der Waals surface area contributed by atoms with Crippen LogP contribution in [0.1, 0.15) is 11.3 Å². The first kappa shape index (κ1) is 14.4. The minimum absolute atomic E-state index is 0.221. The first-order valence-electron chi connectivity index (χ1n) is 6.19. The van der Waals surface area contributed by atoms with E-state index in [1.54, 1.807) is 0 Å². The zero-order valence-electron chi connectivity index (χ0n) is 11.5. The summed E-state index contributed by atoms with van der Waals surface area (Å²) in [6.07, 6.45) is 1.81. The van der Waals surface area contributed by atoms with Gasteiger partial charge in [0.1, 0.15) is 18.2 Å². The second-order valence-corrected chi connectivity index (χ2v) is 4.67. The number of hydrogen-bond acceptors (Lipinski definition) is 3. The molecule has 0 atom stereocenters. The zero-order valence-corrected chi connectivity index (χ0v) is 12.3. The maximum Gasteiger partial charge on any atom is 0.119 e. The van der Waals surface area contributed by atoms with Gasteiger partial charge < -0.3 is 10.5 Å². The predicted octanol–water partition coefficient (Wildman–Crippen LogP) is 2.54. The Labute approximate surface area is 123 Å². The van der Waals surface area contributed by atoms with E-state index in [2.05, 4.69) is 10.1 Å². The number of halogens is 1. The van der Waals surface area contributed by atoms with Crippen molar-refractivity contribution in [2.45, 2.75) is 13.5 Å². The molecule has 2 N–H and O–H groups in total.